The molecule has 0 radical (unpaired) electrons. The number of aliphatic carboxylic acids is 1. The Balaban J connectivity index is 4.50. The van der Waals surface area contributed by atoms with E-state index in [1.165, 1.54) is 6.08 Å². The van der Waals surface area contributed by atoms with Crippen molar-refractivity contribution in [3.05, 3.63) is 11.6 Å². The van der Waals surface area contributed by atoms with Gasteiger partial charge in [0, 0.05) is 11.7 Å². The molecule has 0 fully saturated rings. The summed E-state index contributed by atoms with van der Waals surface area (Å²) in [6.07, 6.45) is 1.29. The molecule has 0 heterocycles. The molecule has 0 saturated heterocycles. The summed E-state index contributed by atoms with van der Waals surface area (Å²) in [5.74, 6) is -1.02. The zero-order chi connectivity index (χ0) is 11.4. The van der Waals surface area contributed by atoms with Gasteiger partial charge < -0.3 is 10.00 Å². The van der Waals surface area contributed by atoms with Crippen LogP contribution in [0.3, 0.4) is 0 Å². The molecular weight excluding hydrogens is 203 g/mol. The lowest BCUT2D eigenvalue weighted by Crippen LogP contribution is -2.09. The van der Waals surface area contributed by atoms with Crippen LogP contribution in [-0.4, -0.2) is 28.3 Å². The van der Waals surface area contributed by atoms with Gasteiger partial charge in [0.25, 0.3) is 0 Å². The van der Waals surface area contributed by atoms with Crippen molar-refractivity contribution in [3.63, 3.8) is 0 Å². The lowest BCUT2D eigenvalue weighted by Gasteiger charge is -2.13. The largest absolute Gasteiger partial charge is 0.478 e. The van der Waals surface area contributed by atoms with Crippen molar-refractivity contribution in [2.75, 3.05) is 12.3 Å². The molecular formula is C9H17O4P. The van der Waals surface area contributed by atoms with E-state index in [4.69, 9.17) is 5.11 Å². The fourth-order valence-corrected chi connectivity index (χ4v) is 3.30. The van der Waals surface area contributed by atoms with Gasteiger partial charge >= 0.3 is 5.97 Å². The fourth-order valence-electron chi connectivity index (χ4n) is 1.18. The lowest BCUT2D eigenvalue weighted by atomic mass is 10.3. The van der Waals surface area contributed by atoms with Gasteiger partial charge in [-0.3, -0.25) is 4.57 Å². The molecule has 82 valence electrons. The average Bonchev–Trinajstić information content (AvgIpc) is 1.97. The summed E-state index contributed by atoms with van der Waals surface area (Å²) in [7, 11) is -3.32. The highest BCUT2D eigenvalue weighted by molar-refractivity contribution is 7.58. The van der Waals surface area contributed by atoms with Crippen molar-refractivity contribution in [1.82, 2.24) is 0 Å². The Hall–Kier alpha value is -0.600. The van der Waals surface area contributed by atoms with Crippen molar-refractivity contribution in [1.29, 1.82) is 0 Å². The summed E-state index contributed by atoms with van der Waals surface area (Å²) in [5, 5.41) is 8.67. The smallest absolute Gasteiger partial charge is 0.331 e. The van der Waals surface area contributed by atoms with E-state index in [0.717, 1.165) is 0 Å². The second-order valence-corrected chi connectivity index (χ2v) is 6.07. The Kier molecular flexibility index (Phi) is 5.09. The molecule has 0 aliphatic heterocycles. The number of hydrogen-bond donors (Lipinski definition) is 2. The number of carbonyl (C=O) groups is 1. The Morgan fingerprint density at radius 2 is 2.00 bits per heavy atom. The summed E-state index contributed by atoms with van der Waals surface area (Å²) in [4.78, 5) is 20.1. The van der Waals surface area contributed by atoms with Crippen molar-refractivity contribution < 1.29 is 19.4 Å². The molecule has 14 heavy (non-hydrogen) atoms. The molecule has 1 unspecified atom stereocenters. The van der Waals surface area contributed by atoms with E-state index in [2.05, 4.69) is 0 Å². The van der Waals surface area contributed by atoms with Gasteiger partial charge in [-0.1, -0.05) is 19.9 Å². The summed E-state index contributed by atoms with van der Waals surface area (Å²) >= 11 is 0. The summed E-state index contributed by atoms with van der Waals surface area (Å²) in [6.45, 7) is 5.22. The van der Waals surface area contributed by atoms with Gasteiger partial charge in [-0.15, -0.1) is 0 Å². The third kappa shape index (κ3) is 5.20. The molecule has 0 aliphatic carbocycles. The minimum atomic E-state index is -3.32. The Morgan fingerprint density at radius 3 is 2.29 bits per heavy atom. The predicted octanol–water partition coefficient (Wildman–Crippen LogP) is 1.94. The van der Waals surface area contributed by atoms with E-state index in [1.54, 1.807) is 6.92 Å². The van der Waals surface area contributed by atoms with Crippen molar-refractivity contribution >= 4 is 13.3 Å². The topological polar surface area (TPSA) is 74.6 Å². The second-order valence-electron chi connectivity index (χ2n) is 3.70. The zero-order valence-electron chi connectivity index (χ0n) is 8.73. The molecule has 0 amide bonds. The molecule has 0 aromatic heterocycles. The van der Waals surface area contributed by atoms with E-state index < -0.39 is 13.3 Å². The molecule has 0 aromatic carbocycles. The predicted molar refractivity (Wildman–Crippen MR) is 55.8 cm³/mol. The van der Waals surface area contributed by atoms with Gasteiger partial charge in [0.1, 0.15) is 0 Å². The Morgan fingerprint density at radius 1 is 1.50 bits per heavy atom. The highest BCUT2D eigenvalue weighted by Gasteiger charge is 2.24. The van der Waals surface area contributed by atoms with Gasteiger partial charge in [0.05, 0.1) is 6.16 Å². The maximum atomic E-state index is 11.5. The van der Waals surface area contributed by atoms with Gasteiger partial charge in [0.15, 0.2) is 0 Å². The Labute approximate surface area is 84.1 Å². The van der Waals surface area contributed by atoms with Crippen molar-refractivity contribution in [3.8, 4) is 0 Å². The number of carboxylic acid groups (broad SMARTS) is 1. The van der Waals surface area contributed by atoms with Crippen LogP contribution >= 0.6 is 7.37 Å². The van der Waals surface area contributed by atoms with E-state index in [-0.39, 0.29) is 23.8 Å². The zero-order valence-corrected chi connectivity index (χ0v) is 9.62. The molecule has 4 nitrogen and oxygen atoms in total. The van der Waals surface area contributed by atoms with Crippen LogP contribution in [0.5, 0.6) is 0 Å². The number of allylic oxidation sites excluding steroid dienone is 1. The first-order valence-electron chi connectivity index (χ1n) is 4.48. The third-order valence-electron chi connectivity index (χ3n) is 1.69. The first kappa shape index (κ1) is 13.4. The average molecular weight is 220 g/mol. The standard InChI is InChI=1S/C9H17O4P/c1-4-8(9(10)11)6-14(12,13)5-7(2)3/h4,7H,5-6H2,1-3H3,(H,10,11)(H,12,13)/b8-4+. The first-order chi connectivity index (χ1) is 6.28. The quantitative estimate of drug-likeness (QED) is 0.548. The van der Waals surface area contributed by atoms with Crippen molar-refractivity contribution in [2.45, 2.75) is 20.8 Å². The second kappa shape index (κ2) is 5.32. The number of rotatable bonds is 5. The van der Waals surface area contributed by atoms with Crippen LogP contribution in [0.2, 0.25) is 0 Å². The minimum absolute atomic E-state index is 0.0106. The molecule has 0 rings (SSSR count). The van der Waals surface area contributed by atoms with Gasteiger partial charge in [-0.25, -0.2) is 4.79 Å². The van der Waals surface area contributed by atoms with Gasteiger partial charge in [0.2, 0.25) is 7.37 Å². The minimum Gasteiger partial charge on any atom is -0.478 e. The maximum Gasteiger partial charge on any atom is 0.331 e. The molecule has 0 aromatic rings. The molecule has 5 heteroatoms. The van der Waals surface area contributed by atoms with Crippen molar-refractivity contribution in [2.24, 2.45) is 5.92 Å². The van der Waals surface area contributed by atoms with Crippen LogP contribution in [0.4, 0.5) is 0 Å². The molecule has 1 atom stereocenters. The van der Waals surface area contributed by atoms with Crippen LogP contribution in [-0.2, 0) is 9.36 Å². The van der Waals surface area contributed by atoms with Gasteiger partial charge in [-0.2, -0.15) is 0 Å². The van der Waals surface area contributed by atoms with E-state index in [0.29, 0.717) is 0 Å². The first-order valence-corrected chi connectivity index (χ1v) is 6.51. The molecule has 0 saturated carbocycles. The third-order valence-corrected chi connectivity index (χ3v) is 3.83. The summed E-state index contributed by atoms with van der Waals surface area (Å²) < 4.78 is 11.5. The molecule has 0 aliphatic rings. The van der Waals surface area contributed by atoms with Crippen LogP contribution in [0, 0.1) is 5.92 Å². The summed E-state index contributed by atoms with van der Waals surface area (Å²) in [6, 6.07) is 0. The lowest BCUT2D eigenvalue weighted by molar-refractivity contribution is -0.132. The number of hydrogen-bond acceptors (Lipinski definition) is 2. The van der Waals surface area contributed by atoms with Crippen LogP contribution in [0.1, 0.15) is 20.8 Å². The Bertz CT molecular complexity index is 281. The summed E-state index contributed by atoms with van der Waals surface area (Å²) in [5.41, 5.74) is 0.0106. The van der Waals surface area contributed by atoms with E-state index >= 15 is 0 Å². The molecule has 0 bridgehead atoms. The monoisotopic (exact) mass is 220 g/mol. The molecule has 2 N–H and O–H groups in total. The fraction of sp³-hybridized carbons (Fsp3) is 0.667. The normalized spacial score (nSPS) is 16.8. The van der Waals surface area contributed by atoms with Gasteiger partial charge in [-0.05, 0) is 12.8 Å². The maximum absolute atomic E-state index is 11.5. The van der Waals surface area contributed by atoms with Crippen LogP contribution < -0.4 is 0 Å². The highest BCUT2D eigenvalue weighted by Crippen LogP contribution is 2.44. The van der Waals surface area contributed by atoms with Crippen LogP contribution in [0.15, 0.2) is 11.6 Å². The molecule has 0 spiro atoms. The number of carboxylic acids is 1. The van der Waals surface area contributed by atoms with E-state index in [9.17, 15) is 14.3 Å². The SMILES string of the molecule is C/C=C(\CP(=O)(O)CC(C)C)C(=O)O. The highest BCUT2D eigenvalue weighted by atomic mass is 31.2. The van der Waals surface area contributed by atoms with E-state index in [1.807, 2.05) is 13.8 Å². The van der Waals surface area contributed by atoms with Crippen LogP contribution in [0.25, 0.3) is 0 Å².